The number of halogens is 3. The highest BCUT2D eigenvalue weighted by Crippen LogP contribution is 2.40. The SMILES string of the molecule is CC(C)(C)CC(C(=O)Oc1c(Br)cc(Br)cc1Br)C(C)(C)C. The van der Waals surface area contributed by atoms with Gasteiger partial charge < -0.3 is 4.74 Å². The third-order valence-electron chi connectivity index (χ3n) is 3.31. The van der Waals surface area contributed by atoms with Gasteiger partial charge in [0, 0.05) is 4.47 Å². The standard InChI is InChI=1S/C17H23Br3O2/c1-16(2,3)9-11(17(4,5)6)15(21)22-14-12(19)7-10(18)8-13(14)20/h7-8,11H,9H2,1-6H3. The molecule has 1 unspecified atom stereocenters. The van der Waals surface area contributed by atoms with E-state index in [2.05, 4.69) is 89.3 Å². The third-order valence-corrected chi connectivity index (χ3v) is 4.95. The molecule has 0 N–H and O–H groups in total. The molecular formula is C17H23Br3O2. The number of carbonyl (C=O) groups is 1. The molecule has 0 saturated heterocycles. The molecule has 1 aromatic rings. The van der Waals surface area contributed by atoms with Crippen molar-refractivity contribution < 1.29 is 9.53 Å². The van der Waals surface area contributed by atoms with Gasteiger partial charge in [0.25, 0.3) is 0 Å². The van der Waals surface area contributed by atoms with Crippen LogP contribution in [0.15, 0.2) is 25.6 Å². The molecular weight excluding hydrogens is 476 g/mol. The summed E-state index contributed by atoms with van der Waals surface area (Å²) in [4.78, 5) is 12.8. The highest BCUT2D eigenvalue weighted by Gasteiger charge is 2.36. The van der Waals surface area contributed by atoms with Crippen molar-refractivity contribution in [1.82, 2.24) is 0 Å². The van der Waals surface area contributed by atoms with Crippen LogP contribution in [0.3, 0.4) is 0 Å². The summed E-state index contributed by atoms with van der Waals surface area (Å²) in [5.41, 5.74) is -0.0934. The van der Waals surface area contributed by atoms with Crippen LogP contribution in [0.25, 0.3) is 0 Å². The summed E-state index contributed by atoms with van der Waals surface area (Å²) < 4.78 is 8.10. The lowest BCUT2D eigenvalue weighted by Crippen LogP contribution is -2.35. The molecule has 0 saturated carbocycles. The predicted octanol–water partition coefficient (Wildman–Crippen LogP) is 6.98. The fraction of sp³-hybridized carbons (Fsp3) is 0.588. The minimum Gasteiger partial charge on any atom is -0.424 e. The average molecular weight is 499 g/mol. The summed E-state index contributed by atoms with van der Waals surface area (Å²) >= 11 is 10.3. The molecule has 1 aromatic carbocycles. The van der Waals surface area contributed by atoms with Crippen LogP contribution in [0.5, 0.6) is 5.75 Å². The van der Waals surface area contributed by atoms with Gasteiger partial charge in [-0.3, -0.25) is 4.79 Å². The highest BCUT2D eigenvalue weighted by atomic mass is 79.9. The van der Waals surface area contributed by atoms with Gasteiger partial charge in [-0.2, -0.15) is 0 Å². The largest absolute Gasteiger partial charge is 0.424 e. The monoisotopic (exact) mass is 496 g/mol. The zero-order valence-electron chi connectivity index (χ0n) is 13.9. The first-order valence-electron chi connectivity index (χ1n) is 7.17. The maximum absolute atomic E-state index is 12.8. The van der Waals surface area contributed by atoms with Crippen molar-refractivity contribution in [2.24, 2.45) is 16.7 Å². The van der Waals surface area contributed by atoms with Crippen LogP contribution < -0.4 is 4.74 Å². The Bertz CT molecular complexity index is 531. The smallest absolute Gasteiger partial charge is 0.314 e. The van der Waals surface area contributed by atoms with E-state index < -0.39 is 0 Å². The second kappa shape index (κ2) is 7.35. The lowest BCUT2D eigenvalue weighted by atomic mass is 9.72. The summed E-state index contributed by atoms with van der Waals surface area (Å²) in [6.45, 7) is 12.7. The Morgan fingerprint density at radius 2 is 1.50 bits per heavy atom. The van der Waals surface area contributed by atoms with Gasteiger partial charge in [-0.1, -0.05) is 57.5 Å². The van der Waals surface area contributed by atoms with E-state index in [0.29, 0.717) is 5.75 Å². The van der Waals surface area contributed by atoms with Gasteiger partial charge >= 0.3 is 5.97 Å². The maximum atomic E-state index is 12.8. The van der Waals surface area contributed by atoms with Crippen LogP contribution in [0.1, 0.15) is 48.0 Å². The van der Waals surface area contributed by atoms with Gasteiger partial charge in [-0.05, 0) is 61.2 Å². The van der Waals surface area contributed by atoms with Gasteiger partial charge in [-0.25, -0.2) is 0 Å². The van der Waals surface area contributed by atoms with Crippen LogP contribution >= 0.6 is 47.8 Å². The number of hydrogen-bond donors (Lipinski definition) is 0. The Morgan fingerprint density at radius 1 is 1.05 bits per heavy atom. The Balaban J connectivity index is 3.07. The lowest BCUT2D eigenvalue weighted by Gasteiger charge is -2.33. The molecule has 0 spiro atoms. The topological polar surface area (TPSA) is 26.3 Å². The summed E-state index contributed by atoms with van der Waals surface area (Å²) in [7, 11) is 0. The predicted molar refractivity (Wildman–Crippen MR) is 102 cm³/mol. The van der Waals surface area contributed by atoms with Crippen LogP contribution in [-0.4, -0.2) is 5.97 Å². The maximum Gasteiger partial charge on any atom is 0.314 e. The second-order valence-corrected chi connectivity index (χ2v) is 10.4. The molecule has 5 heteroatoms. The van der Waals surface area contributed by atoms with E-state index in [9.17, 15) is 4.79 Å². The Labute approximate surface area is 158 Å². The molecule has 2 nitrogen and oxygen atoms in total. The number of rotatable bonds is 3. The molecule has 0 radical (unpaired) electrons. The van der Waals surface area contributed by atoms with Crippen molar-refractivity contribution in [3.8, 4) is 5.75 Å². The average Bonchev–Trinajstić information content (AvgIpc) is 2.28. The fourth-order valence-corrected chi connectivity index (χ4v) is 4.57. The van der Waals surface area contributed by atoms with Gasteiger partial charge in [0.2, 0.25) is 0 Å². The summed E-state index contributed by atoms with van der Waals surface area (Å²) in [6.07, 6.45) is 0.779. The van der Waals surface area contributed by atoms with Gasteiger partial charge in [0.05, 0.1) is 14.9 Å². The first-order valence-corrected chi connectivity index (χ1v) is 9.55. The first kappa shape index (κ1) is 20.2. The van der Waals surface area contributed by atoms with Crippen molar-refractivity contribution in [2.45, 2.75) is 48.0 Å². The van der Waals surface area contributed by atoms with Crippen LogP contribution in [-0.2, 0) is 4.79 Å². The van der Waals surface area contributed by atoms with Crippen molar-refractivity contribution >= 4 is 53.8 Å². The Hall–Kier alpha value is 0.130. The molecule has 0 fully saturated rings. The lowest BCUT2D eigenvalue weighted by molar-refractivity contribution is -0.144. The normalized spacial score (nSPS) is 13.9. The Morgan fingerprint density at radius 3 is 1.86 bits per heavy atom. The minimum absolute atomic E-state index is 0.0607. The van der Waals surface area contributed by atoms with Gasteiger partial charge in [0.1, 0.15) is 0 Å². The van der Waals surface area contributed by atoms with E-state index in [1.165, 1.54) is 0 Å². The molecule has 22 heavy (non-hydrogen) atoms. The molecule has 0 aliphatic heterocycles. The van der Waals surface area contributed by atoms with Gasteiger partial charge in [-0.15, -0.1) is 0 Å². The molecule has 124 valence electrons. The Kier molecular flexibility index (Phi) is 6.74. The quantitative estimate of drug-likeness (QED) is 0.332. The van der Waals surface area contributed by atoms with Crippen molar-refractivity contribution in [1.29, 1.82) is 0 Å². The van der Waals surface area contributed by atoms with Gasteiger partial charge in [0.15, 0.2) is 5.75 Å². The van der Waals surface area contributed by atoms with E-state index in [-0.39, 0.29) is 22.7 Å². The van der Waals surface area contributed by atoms with Crippen molar-refractivity contribution in [3.05, 3.63) is 25.6 Å². The van der Waals surface area contributed by atoms with Crippen LogP contribution in [0.4, 0.5) is 0 Å². The minimum atomic E-state index is -0.189. The van der Waals surface area contributed by atoms with E-state index in [0.717, 1.165) is 19.8 Å². The summed E-state index contributed by atoms with van der Waals surface area (Å²) in [5.74, 6) is 0.164. The summed E-state index contributed by atoms with van der Waals surface area (Å²) in [6, 6.07) is 3.73. The summed E-state index contributed by atoms with van der Waals surface area (Å²) in [5, 5.41) is 0. The first-order chi connectivity index (χ1) is 9.81. The second-order valence-electron chi connectivity index (χ2n) is 7.80. The molecule has 0 bridgehead atoms. The number of ether oxygens (including phenoxy) is 1. The molecule has 1 rings (SSSR count). The molecule has 0 aliphatic carbocycles. The van der Waals surface area contributed by atoms with E-state index >= 15 is 0 Å². The number of carbonyl (C=O) groups excluding carboxylic acids is 1. The fourth-order valence-electron chi connectivity index (χ4n) is 2.15. The van der Waals surface area contributed by atoms with Crippen molar-refractivity contribution in [2.75, 3.05) is 0 Å². The highest BCUT2D eigenvalue weighted by molar-refractivity contribution is 9.11. The molecule has 0 aliphatic rings. The van der Waals surface area contributed by atoms with E-state index in [4.69, 9.17) is 4.74 Å². The molecule has 1 atom stereocenters. The number of esters is 1. The zero-order valence-corrected chi connectivity index (χ0v) is 18.6. The van der Waals surface area contributed by atoms with Crippen LogP contribution in [0.2, 0.25) is 0 Å². The number of benzene rings is 1. The van der Waals surface area contributed by atoms with E-state index in [1.54, 1.807) is 0 Å². The zero-order chi connectivity index (χ0) is 17.3. The molecule has 0 heterocycles. The molecule has 0 amide bonds. The number of hydrogen-bond acceptors (Lipinski definition) is 2. The van der Waals surface area contributed by atoms with Crippen molar-refractivity contribution in [3.63, 3.8) is 0 Å². The van der Waals surface area contributed by atoms with E-state index in [1.807, 2.05) is 12.1 Å². The molecule has 0 aromatic heterocycles. The third kappa shape index (κ3) is 5.97. The van der Waals surface area contributed by atoms with Crippen LogP contribution in [0, 0.1) is 16.7 Å².